The quantitative estimate of drug-likeness (QED) is 0.812. The average molecular weight is 247 g/mol. The Morgan fingerprint density at radius 1 is 1.44 bits per heavy atom. The van der Waals surface area contributed by atoms with Gasteiger partial charge in [0.15, 0.2) is 0 Å². The van der Waals surface area contributed by atoms with Crippen molar-refractivity contribution in [3.8, 4) is 0 Å². The van der Waals surface area contributed by atoms with Gasteiger partial charge in [-0.1, -0.05) is 32.0 Å². The van der Waals surface area contributed by atoms with Gasteiger partial charge in [-0.2, -0.15) is 0 Å². The van der Waals surface area contributed by atoms with E-state index in [0.29, 0.717) is 18.9 Å². The van der Waals surface area contributed by atoms with E-state index in [4.69, 9.17) is 4.74 Å². The van der Waals surface area contributed by atoms with Gasteiger partial charge >= 0.3 is 5.97 Å². The van der Waals surface area contributed by atoms with E-state index in [-0.39, 0.29) is 11.9 Å². The maximum Gasteiger partial charge on any atom is 0.306 e. The van der Waals surface area contributed by atoms with Gasteiger partial charge in [0.25, 0.3) is 0 Å². The number of hydrogen-bond donors (Lipinski definition) is 1. The van der Waals surface area contributed by atoms with Crippen LogP contribution in [0.3, 0.4) is 0 Å². The van der Waals surface area contributed by atoms with Crippen LogP contribution in [0.15, 0.2) is 24.3 Å². The summed E-state index contributed by atoms with van der Waals surface area (Å²) < 4.78 is 5.26. The molecule has 1 heterocycles. The summed E-state index contributed by atoms with van der Waals surface area (Å²) in [4.78, 5) is 11.7. The molecule has 98 valence electrons. The first-order valence-electron chi connectivity index (χ1n) is 6.65. The van der Waals surface area contributed by atoms with Crippen LogP contribution in [0.5, 0.6) is 0 Å². The minimum atomic E-state index is -0.0841. The number of para-hydroxylation sites is 1. The first-order valence-corrected chi connectivity index (χ1v) is 6.65. The molecular weight excluding hydrogens is 226 g/mol. The summed E-state index contributed by atoms with van der Waals surface area (Å²) in [6.07, 6.45) is 1.41. The number of esters is 1. The van der Waals surface area contributed by atoms with Crippen LogP contribution in [-0.4, -0.2) is 19.1 Å². The van der Waals surface area contributed by atoms with E-state index in [0.717, 1.165) is 18.7 Å². The molecule has 0 fully saturated rings. The van der Waals surface area contributed by atoms with E-state index in [1.54, 1.807) is 0 Å². The lowest BCUT2D eigenvalue weighted by Crippen LogP contribution is -2.13. The molecule has 18 heavy (non-hydrogen) atoms. The lowest BCUT2D eigenvalue weighted by molar-refractivity contribution is -0.144. The highest BCUT2D eigenvalue weighted by Gasteiger charge is 2.24. The van der Waals surface area contributed by atoms with Crippen molar-refractivity contribution < 1.29 is 9.53 Å². The molecule has 3 nitrogen and oxygen atoms in total. The molecule has 1 unspecified atom stereocenters. The molecule has 1 aromatic rings. The number of anilines is 1. The topological polar surface area (TPSA) is 38.3 Å². The molecule has 1 N–H and O–H groups in total. The number of nitrogens with one attached hydrogen (secondary N) is 1. The van der Waals surface area contributed by atoms with Crippen molar-refractivity contribution in [2.24, 2.45) is 5.92 Å². The molecular formula is C15H21NO2. The van der Waals surface area contributed by atoms with Gasteiger partial charge in [0.2, 0.25) is 0 Å². The molecule has 0 amide bonds. The van der Waals surface area contributed by atoms with Gasteiger partial charge in [0, 0.05) is 18.2 Å². The Morgan fingerprint density at radius 2 is 2.22 bits per heavy atom. The van der Waals surface area contributed by atoms with Crippen LogP contribution in [0.4, 0.5) is 5.69 Å². The lowest BCUT2D eigenvalue weighted by Gasteiger charge is -2.10. The fourth-order valence-electron chi connectivity index (χ4n) is 2.21. The number of rotatable bonds is 5. The highest BCUT2D eigenvalue weighted by atomic mass is 16.5. The normalized spacial score (nSPS) is 17.4. The minimum absolute atomic E-state index is 0.0841. The predicted octanol–water partition coefficient (Wildman–Crippen LogP) is 3.18. The zero-order valence-corrected chi connectivity index (χ0v) is 11.1. The van der Waals surface area contributed by atoms with Crippen molar-refractivity contribution in [3.63, 3.8) is 0 Å². The average Bonchev–Trinajstić information content (AvgIpc) is 2.72. The van der Waals surface area contributed by atoms with E-state index < -0.39 is 0 Å². The molecule has 0 saturated carbocycles. The number of ether oxygens (including phenoxy) is 1. The third-order valence-corrected chi connectivity index (χ3v) is 3.31. The summed E-state index contributed by atoms with van der Waals surface area (Å²) in [5.41, 5.74) is 2.38. The van der Waals surface area contributed by atoms with Crippen LogP contribution in [-0.2, 0) is 9.53 Å². The third-order valence-electron chi connectivity index (χ3n) is 3.31. The lowest BCUT2D eigenvalue weighted by atomic mass is 9.98. The summed E-state index contributed by atoms with van der Waals surface area (Å²) in [7, 11) is 0. The Kier molecular flexibility index (Phi) is 4.24. The van der Waals surface area contributed by atoms with Crippen LogP contribution < -0.4 is 5.32 Å². The second kappa shape index (κ2) is 5.89. The second-order valence-electron chi connectivity index (χ2n) is 5.27. The first kappa shape index (κ1) is 12.9. The van der Waals surface area contributed by atoms with Crippen molar-refractivity contribution >= 4 is 11.7 Å². The van der Waals surface area contributed by atoms with Crippen LogP contribution in [0, 0.1) is 5.92 Å². The van der Waals surface area contributed by atoms with Gasteiger partial charge in [0.1, 0.15) is 0 Å². The van der Waals surface area contributed by atoms with Crippen LogP contribution in [0.25, 0.3) is 0 Å². The zero-order chi connectivity index (χ0) is 13.0. The smallest absolute Gasteiger partial charge is 0.306 e. The van der Waals surface area contributed by atoms with Gasteiger partial charge < -0.3 is 10.1 Å². The van der Waals surface area contributed by atoms with E-state index in [1.165, 1.54) is 5.56 Å². The van der Waals surface area contributed by atoms with Crippen LogP contribution in [0.2, 0.25) is 0 Å². The molecule has 2 rings (SSSR count). The van der Waals surface area contributed by atoms with Gasteiger partial charge in [-0.25, -0.2) is 0 Å². The Morgan fingerprint density at radius 3 is 3.00 bits per heavy atom. The zero-order valence-electron chi connectivity index (χ0n) is 11.1. The summed E-state index contributed by atoms with van der Waals surface area (Å²) in [6.45, 7) is 5.63. The van der Waals surface area contributed by atoms with Gasteiger partial charge in [0.05, 0.1) is 13.0 Å². The van der Waals surface area contributed by atoms with Crippen molar-refractivity contribution in [1.29, 1.82) is 0 Å². The number of carbonyl (C=O) groups is 1. The Hall–Kier alpha value is -1.51. The number of carbonyl (C=O) groups excluding carboxylic acids is 1. The highest BCUT2D eigenvalue weighted by Crippen LogP contribution is 2.33. The van der Waals surface area contributed by atoms with Gasteiger partial charge in [-0.15, -0.1) is 0 Å². The van der Waals surface area contributed by atoms with E-state index in [1.807, 2.05) is 12.1 Å². The van der Waals surface area contributed by atoms with Crippen LogP contribution >= 0.6 is 0 Å². The molecule has 0 saturated heterocycles. The second-order valence-corrected chi connectivity index (χ2v) is 5.27. The molecule has 1 aliphatic rings. The molecule has 0 radical (unpaired) electrons. The van der Waals surface area contributed by atoms with Gasteiger partial charge in [-0.3, -0.25) is 4.79 Å². The van der Waals surface area contributed by atoms with Crippen molar-refractivity contribution in [3.05, 3.63) is 29.8 Å². The van der Waals surface area contributed by atoms with Gasteiger partial charge in [-0.05, 0) is 24.0 Å². The van der Waals surface area contributed by atoms with E-state index >= 15 is 0 Å². The first-order chi connectivity index (χ1) is 8.66. The van der Waals surface area contributed by atoms with Crippen LogP contribution in [0.1, 0.15) is 38.2 Å². The van der Waals surface area contributed by atoms with Crippen molar-refractivity contribution in [2.75, 3.05) is 18.5 Å². The summed E-state index contributed by atoms with van der Waals surface area (Å²) in [5, 5.41) is 3.32. The molecule has 0 aliphatic carbocycles. The number of hydrogen-bond acceptors (Lipinski definition) is 3. The van der Waals surface area contributed by atoms with E-state index in [9.17, 15) is 4.79 Å². The number of benzene rings is 1. The monoisotopic (exact) mass is 247 g/mol. The summed E-state index contributed by atoms with van der Waals surface area (Å²) in [6, 6.07) is 8.17. The largest absolute Gasteiger partial charge is 0.466 e. The highest BCUT2D eigenvalue weighted by molar-refractivity contribution is 5.72. The predicted molar refractivity (Wildman–Crippen MR) is 72.7 cm³/mol. The van der Waals surface area contributed by atoms with E-state index in [2.05, 4.69) is 31.3 Å². The molecule has 1 atom stereocenters. The fraction of sp³-hybridized carbons (Fsp3) is 0.533. The summed E-state index contributed by atoms with van der Waals surface area (Å²) >= 11 is 0. The maximum atomic E-state index is 11.7. The fourth-order valence-corrected chi connectivity index (χ4v) is 2.21. The third kappa shape index (κ3) is 3.25. The maximum absolute atomic E-state index is 11.7. The SMILES string of the molecule is CC(C)CCOC(=O)CC1CNc2ccccc21. The standard InChI is InChI=1S/C15H21NO2/c1-11(2)7-8-18-15(17)9-12-10-16-14-6-4-3-5-13(12)14/h3-6,11-12,16H,7-10H2,1-2H3. The van der Waals surface area contributed by atoms with Crippen molar-refractivity contribution in [1.82, 2.24) is 0 Å². The Balaban J connectivity index is 1.82. The molecule has 0 spiro atoms. The minimum Gasteiger partial charge on any atom is -0.466 e. The molecule has 1 aromatic carbocycles. The molecule has 0 aromatic heterocycles. The Bertz CT molecular complexity index is 415. The molecule has 1 aliphatic heterocycles. The Labute approximate surface area is 109 Å². The molecule has 3 heteroatoms. The summed E-state index contributed by atoms with van der Waals surface area (Å²) in [5.74, 6) is 0.749. The molecule has 0 bridgehead atoms. The number of fused-ring (bicyclic) bond motifs is 1. The van der Waals surface area contributed by atoms with Crippen molar-refractivity contribution in [2.45, 2.75) is 32.6 Å².